The first kappa shape index (κ1) is 17.7. The van der Waals surface area contributed by atoms with E-state index in [-0.39, 0.29) is 11.7 Å². The van der Waals surface area contributed by atoms with Crippen LogP contribution in [0.3, 0.4) is 0 Å². The first-order valence-corrected chi connectivity index (χ1v) is 9.25. The van der Waals surface area contributed by atoms with Crippen molar-refractivity contribution in [2.45, 2.75) is 36.9 Å². The summed E-state index contributed by atoms with van der Waals surface area (Å²) in [6.45, 7) is 0. The van der Waals surface area contributed by atoms with Crippen LogP contribution in [0.5, 0.6) is 0 Å². The number of aromatic nitrogens is 4. The number of thioether (sulfide) groups is 1. The maximum atomic E-state index is 11.9. The second-order valence-corrected chi connectivity index (χ2v) is 7.02. The van der Waals surface area contributed by atoms with E-state index >= 15 is 0 Å². The number of nitrogens with one attached hydrogen (secondary N) is 2. The molecule has 0 saturated heterocycles. The Labute approximate surface area is 153 Å². The molecule has 1 fully saturated rings. The van der Waals surface area contributed by atoms with Crippen LogP contribution in [0.4, 0.5) is 0 Å². The van der Waals surface area contributed by atoms with Crippen LogP contribution < -0.4 is 10.9 Å². The molecule has 2 N–H and O–H groups in total. The molecule has 25 heavy (non-hydrogen) atoms. The van der Waals surface area contributed by atoms with Gasteiger partial charge in [-0.25, -0.2) is 4.68 Å². The molecule has 1 saturated carbocycles. The molecule has 0 aliphatic heterocycles. The van der Waals surface area contributed by atoms with Gasteiger partial charge in [-0.15, -0.1) is 5.10 Å². The highest BCUT2D eigenvalue weighted by Gasteiger charge is 2.22. The van der Waals surface area contributed by atoms with Gasteiger partial charge in [0.1, 0.15) is 0 Å². The van der Waals surface area contributed by atoms with Gasteiger partial charge < -0.3 is 0 Å². The van der Waals surface area contributed by atoms with E-state index in [0.717, 1.165) is 12.8 Å². The molecule has 0 spiro atoms. The average Bonchev–Trinajstić information content (AvgIpc) is 3.29. The number of halogens is 1. The fourth-order valence-corrected chi connectivity index (χ4v) is 3.50. The Morgan fingerprint density at radius 2 is 1.92 bits per heavy atom. The summed E-state index contributed by atoms with van der Waals surface area (Å²) in [7, 11) is 0. The molecule has 1 aromatic carbocycles. The van der Waals surface area contributed by atoms with Crippen molar-refractivity contribution in [1.82, 2.24) is 31.1 Å². The number of hydrazine groups is 1. The number of tetrazole rings is 1. The second-order valence-electron chi connectivity index (χ2n) is 5.64. The number of hydrogen-bond acceptors (Lipinski definition) is 6. The van der Waals surface area contributed by atoms with Crippen molar-refractivity contribution in [3.63, 3.8) is 0 Å². The van der Waals surface area contributed by atoms with E-state index in [1.807, 2.05) is 0 Å². The highest BCUT2D eigenvalue weighted by Crippen LogP contribution is 2.31. The maximum absolute atomic E-state index is 11.9. The van der Waals surface area contributed by atoms with Gasteiger partial charge in [-0.05, 0) is 47.5 Å². The van der Waals surface area contributed by atoms with E-state index < -0.39 is 5.91 Å². The highest BCUT2D eigenvalue weighted by molar-refractivity contribution is 7.99. The molecule has 2 amide bonds. The van der Waals surface area contributed by atoms with Crippen LogP contribution >= 0.6 is 23.4 Å². The molecule has 0 radical (unpaired) electrons. The SMILES string of the molecule is O=C(CSc1nnnn1C1CCCC1)NNC(=O)c1ccc(Cl)cc1. The number of hydrogen-bond donors (Lipinski definition) is 2. The molecule has 0 unspecified atom stereocenters. The third-order valence-electron chi connectivity index (χ3n) is 3.89. The molecule has 1 heterocycles. The standard InChI is InChI=1S/C15H17ClN6O2S/c16-11-7-5-10(6-8-11)14(24)18-17-13(23)9-25-15-19-20-21-22(15)12-3-1-2-4-12/h5-8,12H,1-4,9H2,(H,17,23)(H,18,24). The number of benzene rings is 1. The summed E-state index contributed by atoms with van der Waals surface area (Å²) < 4.78 is 1.79. The first-order chi connectivity index (χ1) is 12.1. The van der Waals surface area contributed by atoms with E-state index in [9.17, 15) is 9.59 Å². The average molecular weight is 381 g/mol. The highest BCUT2D eigenvalue weighted by atomic mass is 35.5. The molecule has 10 heteroatoms. The molecule has 8 nitrogen and oxygen atoms in total. The van der Waals surface area contributed by atoms with Crippen molar-refractivity contribution in [2.75, 3.05) is 5.75 Å². The smallest absolute Gasteiger partial charge is 0.269 e. The molecule has 0 atom stereocenters. The number of rotatable bonds is 5. The Balaban J connectivity index is 1.46. The predicted molar refractivity (Wildman–Crippen MR) is 93.1 cm³/mol. The van der Waals surface area contributed by atoms with Gasteiger partial charge >= 0.3 is 0 Å². The van der Waals surface area contributed by atoms with Gasteiger partial charge in [-0.3, -0.25) is 20.4 Å². The van der Waals surface area contributed by atoms with E-state index in [4.69, 9.17) is 11.6 Å². The minimum atomic E-state index is -0.411. The van der Waals surface area contributed by atoms with E-state index in [1.165, 1.54) is 24.6 Å². The molecule has 1 aromatic heterocycles. The summed E-state index contributed by atoms with van der Waals surface area (Å²) in [5, 5.41) is 12.8. The Kier molecular flexibility index (Phi) is 5.87. The molecular formula is C15H17ClN6O2S. The van der Waals surface area contributed by atoms with Crippen molar-refractivity contribution < 1.29 is 9.59 Å². The Morgan fingerprint density at radius 3 is 2.64 bits per heavy atom. The summed E-state index contributed by atoms with van der Waals surface area (Å²) in [5.41, 5.74) is 5.15. The molecule has 1 aliphatic carbocycles. The minimum Gasteiger partial charge on any atom is -0.272 e. The maximum Gasteiger partial charge on any atom is 0.269 e. The zero-order valence-corrected chi connectivity index (χ0v) is 14.9. The molecule has 3 rings (SSSR count). The van der Waals surface area contributed by atoms with Crippen molar-refractivity contribution >= 4 is 35.2 Å². The monoisotopic (exact) mass is 380 g/mol. The zero-order valence-electron chi connectivity index (χ0n) is 13.3. The van der Waals surface area contributed by atoms with Crippen molar-refractivity contribution in [1.29, 1.82) is 0 Å². The van der Waals surface area contributed by atoms with Crippen molar-refractivity contribution in [3.05, 3.63) is 34.9 Å². The zero-order chi connectivity index (χ0) is 17.6. The van der Waals surface area contributed by atoms with Gasteiger partial charge in [-0.2, -0.15) is 0 Å². The topological polar surface area (TPSA) is 102 Å². The van der Waals surface area contributed by atoms with Crippen molar-refractivity contribution in [3.8, 4) is 0 Å². The van der Waals surface area contributed by atoms with E-state index in [0.29, 0.717) is 21.8 Å². The minimum absolute atomic E-state index is 0.105. The molecular weight excluding hydrogens is 364 g/mol. The van der Waals surface area contributed by atoms with Gasteiger partial charge in [0, 0.05) is 10.6 Å². The summed E-state index contributed by atoms with van der Waals surface area (Å²) in [5.74, 6) is -0.646. The molecule has 0 bridgehead atoms. The van der Waals surface area contributed by atoms with Crippen LogP contribution in [0.2, 0.25) is 5.02 Å². The summed E-state index contributed by atoms with van der Waals surface area (Å²) >= 11 is 7.02. The largest absolute Gasteiger partial charge is 0.272 e. The predicted octanol–water partition coefficient (Wildman–Crippen LogP) is 1.99. The summed E-state index contributed by atoms with van der Waals surface area (Å²) in [4.78, 5) is 23.8. The van der Waals surface area contributed by atoms with E-state index in [1.54, 1.807) is 28.9 Å². The van der Waals surface area contributed by atoms with Gasteiger partial charge in [-0.1, -0.05) is 36.2 Å². The summed E-state index contributed by atoms with van der Waals surface area (Å²) in [6, 6.07) is 6.68. The van der Waals surface area contributed by atoms with Crippen molar-refractivity contribution in [2.24, 2.45) is 0 Å². The van der Waals surface area contributed by atoms with Gasteiger partial charge in [0.05, 0.1) is 11.8 Å². The molecule has 2 aromatic rings. The number of carbonyl (C=O) groups is 2. The van der Waals surface area contributed by atoms with Crippen LogP contribution in [0.1, 0.15) is 42.1 Å². The number of nitrogens with zero attached hydrogens (tertiary/aromatic N) is 4. The molecule has 132 valence electrons. The third-order valence-corrected chi connectivity index (χ3v) is 5.07. The quantitative estimate of drug-likeness (QED) is 0.607. The van der Waals surface area contributed by atoms with Crippen LogP contribution in [0, 0.1) is 0 Å². The van der Waals surface area contributed by atoms with Gasteiger partial charge in [0.2, 0.25) is 11.1 Å². The van der Waals surface area contributed by atoms with Crippen LogP contribution in [0.25, 0.3) is 0 Å². The lowest BCUT2D eigenvalue weighted by Crippen LogP contribution is -2.42. The fraction of sp³-hybridized carbons (Fsp3) is 0.400. The van der Waals surface area contributed by atoms with Crippen LogP contribution in [0.15, 0.2) is 29.4 Å². The second kappa shape index (κ2) is 8.30. The van der Waals surface area contributed by atoms with Gasteiger partial charge in [0.25, 0.3) is 5.91 Å². The lowest BCUT2D eigenvalue weighted by molar-refractivity contribution is -0.119. The lowest BCUT2D eigenvalue weighted by Gasteiger charge is -2.11. The first-order valence-electron chi connectivity index (χ1n) is 7.89. The van der Waals surface area contributed by atoms with Crippen LogP contribution in [-0.4, -0.2) is 37.8 Å². The van der Waals surface area contributed by atoms with Crippen LogP contribution in [-0.2, 0) is 4.79 Å². The fourth-order valence-electron chi connectivity index (χ4n) is 2.62. The number of carbonyl (C=O) groups excluding carboxylic acids is 2. The van der Waals surface area contributed by atoms with E-state index in [2.05, 4.69) is 26.4 Å². The Morgan fingerprint density at radius 1 is 1.20 bits per heavy atom. The number of amides is 2. The summed E-state index contributed by atoms with van der Waals surface area (Å²) in [6.07, 6.45) is 4.46. The Hall–Kier alpha value is -2.13. The molecule has 1 aliphatic rings. The lowest BCUT2D eigenvalue weighted by atomic mass is 10.2. The Bertz CT molecular complexity index is 745. The van der Waals surface area contributed by atoms with Gasteiger partial charge in [0.15, 0.2) is 0 Å². The normalized spacial score (nSPS) is 14.4. The third kappa shape index (κ3) is 4.70.